The van der Waals surface area contributed by atoms with E-state index >= 15 is 0 Å². The maximum Gasteiger partial charge on any atom is 0.0299 e. The Bertz CT molecular complexity index is 286. The topological polar surface area (TPSA) is 12.0 Å². The molecule has 0 spiro atoms. The summed E-state index contributed by atoms with van der Waals surface area (Å²) >= 11 is 1.95. The molecule has 2 rings (SSSR count). The largest absolute Gasteiger partial charge is 0.312 e. The third kappa shape index (κ3) is 3.32. The Morgan fingerprint density at radius 3 is 2.67 bits per heavy atom. The van der Waals surface area contributed by atoms with Crippen molar-refractivity contribution in [2.45, 2.75) is 45.6 Å². The lowest BCUT2D eigenvalue weighted by atomic mass is 10.1. The molecule has 0 unspecified atom stereocenters. The number of aryl methyl sites for hydroxylation is 1. The zero-order valence-corrected chi connectivity index (χ0v) is 10.4. The van der Waals surface area contributed by atoms with E-state index in [2.05, 4.69) is 24.4 Å². The van der Waals surface area contributed by atoms with Crippen LogP contribution in [0.5, 0.6) is 0 Å². The van der Waals surface area contributed by atoms with Crippen LogP contribution in [0.2, 0.25) is 0 Å². The first-order chi connectivity index (χ1) is 7.38. The molecule has 1 aromatic heterocycles. The van der Waals surface area contributed by atoms with Gasteiger partial charge in [-0.3, -0.25) is 0 Å². The van der Waals surface area contributed by atoms with Crippen LogP contribution in [0.15, 0.2) is 12.1 Å². The van der Waals surface area contributed by atoms with Crippen molar-refractivity contribution >= 4 is 11.3 Å². The molecule has 1 saturated carbocycles. The van der Waals surface area contributed by atoms with Crippen molar-refractivity contribution in [1.29, 1.82) is 0 Å². The second kappa shape index (κ2) is 5.66. The zero-order chi connectivity index (χ0) is 10.5. The minimum atomic E-state index is 0.954. The normalized spacial score (nSPS) is 17.4. The van der Waals surface area contributed by atoms with Gasteiger partial charge in [0.15, 0.2) is 0 Å². The third-order valence-corrected chi connectivity index (χ3v) is 4.50. The van der Waals surface area contributed by atoms with Crippen LogP contribution < -0.4 is 5.32 Å². The highest BCUT2D eigenvalue weighted by Crippen LogP contribution is 2.24. The van der Waals surface area contributed by atoms with Gasteiger partial charge >= 0.3 is 0 Å². The van der Waals surface area contributed by atoms with Crippen LogP contribution in [0.3, 0.4) is 0 Å². The summed E-state index contributed by atoms with van der Waals surface area (Å²) in [5, 5.41) is 3.59. The Morgan fingerprint density at radius 2 is 2.00 bits per heavy atom. The van der Waals surface area contributed by atoms with Gasteiger partial charge in [-0.15, -0.1) is 11.3 Å². The average Bonchev–Trinajstić information content (AvgIpc) is 2.88. The fourth-order valence-corrected chi connectivity index (χ4v) is 3.25. The smallest absolute Gasteiger partial charge is 0.0299 e. The predicted molar refractivity (Wildman–Crippen MR) is 67.4 cm³/mol. The minimum Gasteiger partial charge on any atom is -0.312 e. The molecule has 0 saturated heterocycles. The van der Waals surface area contributed by atoms with E-state index in [1.807, 2.05) is 11.3 Å². The monoisotopic (exact) mass is 223 g/mol. The van der Waals surface area contributed by atoms with E-state index in [1.54, 1.807) is 0 Å². The first kappa shape index (κ1) is 11.2. The fourth-order valence-electron chi connectivity index (χ4n) is 2.32. The highest BCUT2D eigenvalue weighted by molar-refractivity contribution is 7.11. The predicted octanol–water partition coefficient (Wildman–Crippen LogP) is 3.59. The number of hydrogen-bond acceptors (Lipinski definition) is 2. The molecule has 1 N–H and O–H groups in total. The molecule has 1 aliphatic carbocycles. The molecule has 0 amide bonds. The van der Waals surface area contributed by atoms with Crippen molar-refractivity contribution < 1.29 is 0 Å². The van der Waals surface area contributed by atoms with Crippen molar-refractivity contribution in [2.75, 3.05) is 6.54 Å². The molecule has 0 radical (unpaired) electrons. The molecule has 2 heteroatoms. The first-order valence-corrected chi connectivity index (χ1v) is 6.98. The van der Waals surface area contributed by atoms with Crippen molar-refractivity contribution in [1.82, 2.24) is 5.32 Å². The van der Waals surface area contributed by atoms with Crippen LogP contribution in [0, 0.1) is 5.92 Å². The minimum absolute atomic E-state index is 0.954. The molecular weight excluding hydrogens is 202 g/mol. The Balaban J connectivity index is 1.68. The SMILES string of the molecule is CCc1ccc(CNCC2CCCC2)s1. The Hall–Kier alpha value is -0.340. The maximum absolute atomic E-state index is 3.59. The van der Waals surface area contributed by atoms with Crippen molar-refractivity contribution in [3.8, 4) is 0 Å². The van der Waals surface area contributed by atoms with Gasteiger partial charge in [0, 0.05) is 16.3 Å². The van der Waals surface area contributed by atoms with Gasteiger partial charge in [0.05, 0.1) is 0 Å². The highest BCUT2D eigenvalue weighted by Gasteiger charge is 2.13. The first-order valence-electron chi connectivity index (χ1n) is 6.16. The van der Waals surface area contributed by atoms with Gasteiger partial charge in [-0.25, -0.2) is 0 Å². The molecular formula is C13H21NS. The summed E-state index contributed by atoms with van der Waals surface area (Å²) in [6.07, 6.45) is 6.96. The Labute approximate surface area is 96.9 Å². The van der Waals surface area contributed by atoms with Gasteiger partial charge in [-0.1, -0.05) is 19.8 Å². The summed E-state index contributed by atoms with van der Waals surface area (Å²) in [5.41, 5.74) is 0. The molecule has 0 atom stereocenters. The van der Waals surface area contributed by atoms with Crippen LogP contribution >= 0.6 is 11.3 Å². The van der Waals surface area contributed by atoms with E-state index in [-0.39, 0.29) is 0 Å². The van der Waals surface area contributed by atoms with E-state index < -0.39 is 0 Å². The molecule has 0 aromatic carbocycles. The lowest BCUT2D eigenvalue weighted by Crippen LogP contribution is -2.20. The maximum atomic E-state index is 3.59. The van der Waals surface area contributed by atoms with Gasteiger partial charge in [0.2, 0.25) is 0 Å². The number of nitrogens with one attached hydrogen (secondary N) is 1. The van der Waals surface area contributed by atoms with Gasteiger partial charge in [-0.2, -0.15) is 0 Å². The Morgan fingerprint density at radius 1 is 1.27 bits per heavy atom. The average molecular weight is 223 g/mol. The summed E-state index contributed by atoms with van der Waals surface area (Å²) in [6.45, 7) is 4.52. The van der Waals surface area contributed by atoms with Crippen LogP contribution in [0.4, 0.5) is 0 Å². The molecule has 1 aromatic rings. The zero-order valence-electron chi connectivity index (χ0n) is 9.59. The van der Waals surface area contributed by atoms with Crippen LogP contribution in [0.25, 0.3) is 0 Å². The van der Waals surface area contributed by atoms with Crippen LogP contribution in [-0.4, -0.2) is 6.54 Å². The summed E-state index contributed by atoms with van der Waals surface area (Å²) < 4.78 is 0. The standard InChI is InChI=1S/C13H21NS/c1-2-12-7-8-13(15-12)10-14-9-11-5-3-4-6-11/h7-8,11,14H,2-6,9-10H2,1H3. The molecule has 0 aliphatic heterocycles. The van der Waals surface area contributed by atoms with Crippen molar-refractivity contribution in [3.63, 3.8) is 0 Å². The highest BCUT2D eigenvalue weighted by atomic mass is 32.1. The lowest BCUT2D eigenvalue weighted by Gasteiger charge is -2.09. The second-order valence-electron chi connectivity index (χ2n) is 4.50. The molecule has 1 nitrogen and oxygen atoms in total. The molecule has 1 aliphatic rings. The van der Waals surface area contributed by atoms with E-state index in [4.69, 9.17) is 0 Å². The molecule has 1 heterocycles. The van der Waals surface area contributed by atoms with Crippen molar-refractivity contribution in [2.24, 2.45) is 5.92 Å². The third-order valence-electron chi connectivity index (χ3n) is 3.27. The van der Waals surface area contributed by atoms with Gasteiger partial charge in [-0.05, 0) is 43.9 Å². The summed E-state index contributed by atoms with van der Waals surface area (Å²) in [7, 11) is 0. The fraction of sp³-hybridized carbons (Fsp3) is 0.692. The van der Waals surface area contributed by atoms with Gasteiger partial charge < -0.3 is 5.32 Å². The van der Waals surface area contributed by atoms with E-state index in [0.29, 0.717) is 0 Å². The van der Waals surface area contributed by atoms with Gasteiger partial charge in [0.1, 0.15) is 0 Å². The summed E-state index contributed by atoms with van der Waals surface area (Å²) in [4.78, 5) is 3.00. The quantitative estimate of drug-likeness (QED) is 0.804. The molecule has 15 heavy (non-hydrogen) atoms. The molecule has 84 valence electrons. The van der Waals surface area contributed by atoms with Crippen LogP contribution in [0.1, 0.15) is 42.4 Å². The van der Waals surface area contributed by atoms with Gasteiger partial charge in [0.25, 0.3) is 0 Å². The number of rotatable bonds is 5. The number of thiophene rings is 1. The summed E-state index contributed by atoms with van der Waals surface area (Å²) in [6, 6.07) is 4.53. The number of hydrogen-bond donors (Lipinski definition) is 1. The van der Waals surface area contributed by atoms with E-state index in [9.17, 15) is 0 Å². The second-order valence-corrected chi connectivity index (χ2v) is 5.76. The van der Waals surface area contributed by atoms with E-state index in [1.165, 1.54) is 48.4 Å². The molecule has 0 bridgehead atoms. The lowest BCUT2D eigenvalue weighted by molar-refractivity contribution is 0.491. The van der Waals surface area contributed by atoms with Crippen LogP contribution in [-0.2, 0) is 13.0 Å². The summed E-state index contributed by atoms with van der Waals surface area (Å²) in [5.74, 6) is 0.954. The molecule has 1 fully saturated rings. The Kier molecular flexibility index (Phi) is 4.21. The van der Waals surface area contributed by atoms with Crippen molar-refractivity contribution in [3.05, 3.63) is 21.9 Å². The van der Waals surface area contributed by atoms with E-state index in [0.717, 1.165) is 12.5 Å².